The van der Waals surface area contributed by atoms with Gasteiger partial charge in [0.15, 0.2) is 0 Å². The van der Waals surface area contributed by atoms with Crippen LogP contribution < -0.4 is 0 Å². The SMILES string of the molecule is Cn1cnc2c(Br)cc(F)cc21. The van der Waals surface area contributed by atoms with Crippen LogP contribution >= 0.6 is 15.9 Å². The molecule has 12 heavy (non-hydrogen) atoms. The third-order valence-electron chi connectivity index (χ3n) is 1.75. The van der Waals surface area contributed by atoms with E-state index in [0.717, 1.165) is 11.0 Å². The summed E-state index contributed by atoms with van der Waals surface area (Å²) in [5.74, 6) is -0.252. The Morgan fingerprint density at radius 3 is 3.00 bits per heavy atom. The van der Waals surface area contributed by atoms with E-state index in [1.54, 1.807) is 10.9 Å². The van der Waals surface area contributed by atoms with Crippen molar-refractivity contribution in [2.75, 3.05) is 0 Å². The van der Waals surface area contributed by atoms with Crippen LogP contribution in [0.15, 0.2) is 22.9 Å². The van der Waals surface area contributed by atoms with Crippen LogP contribution in [0, 0.1) is 5.82 Å². The molecule has 0 aliphatic heterocycles. The number of rotatable bonds is 0. The van der Waals surface area contributed by atoms with Gasteiger partial charge in [-0.2, -0.15) is 0 Å². The van der Waals surface area contributed by atoms with E-state index >= 15 is 0 Å². The largest absolute Gasteiger partial charge is 0.334 e. The van der Waals surface area contributed by atoms with Crippen molar-refractivity contribution in [3.63, 3.8) is 0 Å². The molecule has 0 saturated carbocycles. The Kier molecular flexibility index (Phi) is 1.65. The monoisotopic (exact) mass is 228 g/mol. The summed E-state index contributed by atoms with van der Waals surface area (Å²) in [6.45, 7) is 0. The summed E-state index contributed by atoms with van der Waals surface area (Å²) < 4.78 is 15.4. The zero-order valence-corrected chi connectivity index (χ0v) is 7.97. The Labute approximate surface area is 77.1 Å². The van der Waals surface area contributed by atoms with Gasteiger partial charge in [0, 0.05) is 11.5 Å². The van der Waals surface area contributed by atoms with E-state index in [1.807, 2.05) is 7.05 Å². The molecule has 1 aromatic heterocycles. The maximum Gasteiger partial charge on any atom is 0.126 e. The fourth-order valence-corrected chi connectivity index (χ4v) is 1.68. The number of hydrogen-bond donors (Lipinski definition) is 0. The van der Waals surface area contributed by atoms with E-state index in [2.05, 4.69) is 20.9 Å². The lowest BCUT2D eigenvalue weighted by Gasteiger charge is -1.95. The maximum absolute atomic E-state index is 12.9. The molecule has 0 aliphatic carbocycles. The minimum absolute atomic E-state index is 0.252. The first-order valence-corrected chi connectivity index (χ1v) is 4.24. The van der Waals surface area contributed by atoms with Crippen LogP contribution in [0.25, 0.3) is 11.0 Å². The van der Waals surface area contributed by atoms with E-state index in [0.29, 0.717) is 4.47 Å². The maximum atomic E-state index is 12.9. The Hall–Kier alpha value is -0.900. The minimum Gasteiger partial charge on any atom is -0.334 e. The van der Waals surface area contributed by atoms with Gasteiger partial charge in [-0.3, -0.25) is 0 Å². The first kappa shape index (κ1) is 7.73. The summed E-state index contributed by atoms with van der Waals surface area (Å²) in [6, 6.07) is 2.88. The third kappa shape index (κ3) is 1.03. The van der Waals surface area contributed by atoms with Crippen LogP contribution in [0.3, 0.4) is 0 Å². The van der Waals surface area contributed by atoms with Gasteiger partial charge in [-0.1, -0.05) is 0 Å². The number of fused-ring (bicyclic) bond motifs is 1. The van der Waals surface area contributed by atoms with E-state index in [1.165, 1.54) is 12.1 Å². The quantitative estimate of drug-likeness (QED) is 0.678. The van der Waals surface area contributed by atoms with Gasteiger partial charge in [0.25, 0.3) is 0 Å². The fraction of sp³-hybridized carbons (Fsp3) is 0.125. The first-order chi connectivity index (χ1) is 5.68. The number of nitrogens with zero attached hydrogens (tertiary/aromatic N) is 2. The number of benzene rings is 1. The van der Waals surface area contributed by atoms with Gasteiger partial charge in [0.05, 0.1) is 11.8 Å². The molecule has 0 unspecified atom stereocenters. The van der Waals surface area contributed by atoms with Crippen molar-refractivity contribution in [1.29, 1.82) is 0 Å². The third-order valence-corrected chi connectivity index (χ3v) is 2.35. The van der Waals surface area contributed by atoms with Crippen molar-refractivity contribution < 1.29 is 4.39 Å². The molecule has 0 spiro atoms. The van der Waals surface area contributed by atoms with Gasteiger partial charge in [-0.15, -0.1) is 0 Å². The molecule has 2 nitrogen and oxygen atoms in total. The van der Waals surface area contributed by atoms with E-state index < -0.39 is 0 Å². The Morgan fingerprint density at radius 2 is 2.25 bits per heavy atom. The normalized spacial score (nSPS) is 10.9. The van der Waals surface area contributed by atoms with Crippen LogP contribution in [0.2, 0.25) is 0 Å². The summed E-state index contributed by atoms with van der Waals surface area (Å²) in [4.78, 5) is 4.11. The van der Waals surface area contributed by atoms with E-state index in [9.17, 15) is 4.39 Å². The average molecular weight is 229 g/mol. The second kappa shape index (κ2) is 2.55. The van der Waals surface area contributed by atoms with Crippen molar-refractivity contribution in [3.05, 3.63) is 28.7 Å². The highest BCUT2D eigenvalue weighted by molar-refractivity contribution is 9.10. The zero-order chi connectivity index (χ0) is 8.72. The number of imidazole rings is 1. The molecule has 62 valence electrons. The molecule has 0 radical (unpaired) electrons. The Bertz CT molecular complexity index is 436. The fourth-order valence-electron chi connectivity index (χ4n) is 1.16. The molecule has 4 heteroatoms. The highest BCUT2D eigenvalue weighted by Crippen LogP contribution is 2.23. The van der Waals surface area contributed by atoms with Gasteiger partial charge in [0.1, 0.15) is 11.3 Å². The van der Waals surface area contributed by atoms with Crippen molar-refractivity contribution in [2.24, 2.45) is 7.05 Å². The molecule has 1 heterocycles. The number of hydrogen-bond acceptors (Lipinski definition) is 1. The summed E-state index contributed by atoms with van der Waals surface area (Å²) in [6.07, 6.45) is 1.66. The van der Waals surface area contributed by atoms with Crippen LogP contribution in [-0.4, -0.2) is 9.55 Å². The smallest absolute Gasteiger partial charge is 0.126 e. The molecular weight excluding hydrogens is 223 g/mol. The van der Waals surface area contributed by atoms with E-state index in [4.69, 9.17) is 0 Å². The summed E-state index contributed by atoms with van der Waals surface area (Å²) >= 11 is 3.25. The van der Waals surface area contributed by atoms with Crippen molar-refractivity contribution in [1.82, 2.24) is 9.55 Å². The molecule has 2 aromatic rings. The Morgan fingerprint density at radius 1 is 1.50 bits per heavy atom. The summed E-state index contributed by atoms with van der Waals surface area (Å²) in [5.41, 5.74) is 1.58. The highest BCUT2D eigenvalue weighted by Gasteiger charge is 2.05. The summed E-state index contributed by atoms with van der Waals surface area (Å²) in [7, 11) is 1.83. The van der Waals surface area contributed by atoms with Crippen molar-refractivity contribution in [3.8, 4) is 0 Å². The molecule has 0 saturated heterocycles. The van der Waals surface area contributed by atoms with Gasteiger partial charge in [-0.05, 0) is 28.1 Å². The zero-order valence-electron chi connectivity index (χ0n) is 6.38. The highest BCUT2D eigenvalue weighted by atomic mass is 79.9. The molecule has 0 aliphatic rings. The molecule has 0 amide bonds. The summed E-state index contributed by atoms with van der Waals surface area (Å²) in [5, 5.41) is 0. The average Bonchev–Trinajstić information content (AvgIpc) is 2.33. The lowest BCUT2D eigenvalue weighted by Crippen LogP contribution is -1.85. The van der Waals surface area contributed by atoms with Crippen molar-refractivity contribution in [2.45, 2.75) is 0 Å². The molecule has 0 atom stereocenters. The van der Waals surface area contributed by atoms with Gasteiger partial charge < -0.3 is 4.57 Å². The Balaban J connectivity index is 2.92. The van der Waals surface area contributed by atoms with Gasteiger partial charge in [-0.25, -0.2) is 9.37 Å². The van der Waals surface area contributed by atoms with Crippen LogP contribution in [0.4, 0.5) is 4.39 Å². The minimum atomic E-state index is -0.252. The molecule has 2 rings (SSSR count). The number of aromatic nitrogens is 2. The second-order valence-electron chi connectivity index (χ2n) is 2.61. The number of halogens is 2. The topological polar surface area (TPSA) is 17.8 Å². The molecule has 0 bridgehead atoms. The molecular formula is C8H6BrFN2. The molecule has 0 fully saturated rings. The predicted molar refractivity (Wildman–Crippen MR) is 48.4 cm³/mol. The van der Waals surface area contributed by atoms with Crippen LogP contribution in [0.1, 0.15) is 0 Å². The first-order valence-electron chi connectivity index (χ1n) is 3.44. The lowest BCUT2D eigenvalue weighted by molar-refractivity contribution is 0.628. The van der Waals surface area contributed by atoms with Gasteiger partial charge >= 0.3 is 0 Å². The molecule has 1 aromatic carbocycles. The second-order valence-corrected chi connectivity index (χ2v) is 3.47. The van der Waals surface area contributed by atoms with Crippen LogP contribution in [-0.2, 0) is 7.05 Å². The predicted octanol–water partition coefficient (Wildman–Crippen LogP) is 2.47. The van der Waals surface area contributed by atoms with Gasteiger partial charge in [0.2, 0.25) is 0 Å². The lowest BCUT2D eigenvalue weighted by atomic mass is 10.3. The number of aryl methyl sites for hydroxylation is 1. The van der Waals surface area contributed by atoms with Crippen LogP contribution in [0.5, 0.6) is 0 Å². The standard InChI is InChI=1S/C8H6BrFN2/c1-12-4-11-8-6(9)2-5(10)3-7(8)12/h2-4H,1H3. The van der Waals surface area contributed by atoms with Crippen molar-refractivity contribution >= 4 is 27.0 Å². The van der Waals surface area contributed by atoms with E-state index in [-0.39, 0.29) is 5.82 Å². The molecule has 0 N–H and O–H groups in total.